The first kappa shape index (κ1) is 15.8. The van der Waals surface area contributed by atoms with Gasteiger partial charge in [0.2, 0.25) is 0 Å². The number of hydrogen-bond donors (Lipinski definition) is 1. The lowest BCUT2D eigenvalue weighted by Crippen LogP contribution is -2.26. The number of carboxylic acids is 1. The lowest BCUT2D eigenvalue weighted by molar-refractivity contribution is 0.0693. The van der Waals surface area contributed by atoms with Crippen LogP contribution in [0.2, 0.25) is 0 Å². The summed E-state index contributed by atoms with van der Waals surface area (Å²) >= 11 is 0. The van der Waals surface area contributed by atoms with Gasteiger partial charge in [0, 0.05) is 13.1 Å². The predicted molar refractivity (Wildman–Crippen MR) is 82.0 cm³/mol. The summed E-state index contributed by atoms with van der Waals surface area (Å²) < 4.78 is 31.3. The Morgan fingerprint density at radius 3 is 2.32 bits per heavy atom. The minimum absolute atomic E-state index is 0.00460. The third-order valence-corrected chi connectivity index (χ3v) is 4.96. The number of benzene rings is 2. The molecule has 0 saturated carbocycles. The van der Waals surface area contributed by atoms with Gasteiger partial charge in [0.05, 0.1) is 17.7 Å². The number of anilines is 1. The normalized spacial score (nSPS) is 11.0. The van der Waals surface area contributed by atoms with Gasteiger partial charge in [-0.3, -0.25) is 4.31 Å². The van der Waals surface area contributed by atoms with Gasteiger partial charge < -0.3 is 9.84 Å². The molecule has 0 aromatic heterocycles. The minimum Gasteiger partial charge on any atom is -0.496 e. The second-order valence-corrected chi connectivity index (χ2v) is 6.44. The van der Waals surface area contributed by atoms with E-state index in [0.717, 1.165) is 4.31 Å². The molecule has 2 aromatic rings. The molecule has 0 heterocycles. The Labute approximate surface area is 128 Å². The van der Waals surface area contributed by atoms with Gasteiger partial charge >= 0.3 is 5.97 Å². The second-order valence-electron chi connectivity index (χ2n) is 4.48. The molecular formula is C15H15NO5S. The number of nitrogens with zero attached hydrogens (tertiary/aromatic N) is 1. The first-order valence-electron chi connectivity index (χ1n) is 6.33. The molecule has 0 aliphatic carbocycles. The summed E-state index contributed by atoms with van der Waals surface area (Å²) in [7, 11) is -1.08. The molecule has 0 amide bonds. The van der Waals surface area contributed by atoms with Crippen molar-refractivity contribution in [1.29, 1.82) is 0 Å². The molecule has 1 N–H and O–H groups in total. The summed E-state index contributed by atoms with van der Waals surface area (Å²) in [6.45, 7) is 0. The molecule has 0 radical (unpaired) electrons. The number of aromatic carboxylic acids is 1. The van der Waals surface area contributed by atoms with E-state index in [4.69, 9.17) is 9.84 Å². The summed E-state index contributed by atoms with van der Waals surface area (Å²) in [5.41, 5.74) is 0.410. The van der Waals surface area contributed by atoms with Crippen molar-refractivity contribution in [3.8, 4) is 5.75 Å². The Balaban J connectivity index is 2.48. The topological polar surface area (TPSA) is 83.9 Å². The summed E-state index contributed by atoms with van der Waals surface area (Å²) in [5.74, 6) is -1.19. The van der Waals surface area contributed by atoms with Gasteiger partial charge in [0.1, 0.15) is 11.3 Å². The number of hydrogen-bond acceptors (Lipinski definition) is 4. The molecule has 0 unspecified atom stereocenters. The molecule has 0 spiro atoms. The average Bonchev–Trinajstić information content (AvgIpc) is 2.54. The highest BCUT2D eigenvalue weighted by Gasteiger charge is 2.23. The lowest BCUT2D eigenvalue weighted by Gasteiger charge is -2.20. The SMILES string of the molecule is COc1cc(S(=O)(=O)N(C)c2ccccc2)ccc1C(=O)O. The Hall–Kier alpha value is -2.54. The van der Waals surface area contributed by atoms with E-state index >= 15 is 0 Å². The van der Waals surface area contributed by atoms with Crippen LogP contribution >= 0.6 is 0 Å². The largest absolute Gasteiger partial charge is 0.496 e. The molecule has 0 aliphatic heterocycles. The minimum atomic E-state index is -3.81. The van der Waals surface area contributed by atoms with Crippen LogP contribution in [-0.4, -0.2) is 33.7 Å². The number of carbonyl (C=O) groups is 1. The summed E-state index contributed by atoms with van der Waals surface area (Å²) in [5, 5.41) is 9.04. The van der Waals surface area contributed by atoms with Crippen LogP contribution in [-0.2, 0) is 10.0 Å². The quantitative estimate of drug-likeness (QED) is 0.913. The van der Waals surface area contributed by atoms with Crippen molar-refractivity contribution < 1.29 is 23.1 Å². The van der Waals surface area contributed by atoms with Crippen molar-refractivity contribution in [1.82, 2.24) is 0 Å². The van der Waals surface area contributed by atoms with Crippen molar-refractivity contribution in [2.24, 2.45) is 0 Å². The maximum absolute atomic E-state index is 12.6. The van der Waals surface area contributed by atoms with Gasteiger partial charge in [-0.2, -0.15) is 0 Å². The second kappa shape index (κ2) is 6.07. The maximum atomic E-state index is 12.6. The summed E-state index contributed by atoms with van der Waals surface area (Å²) in [4.78, 5) is 11.0. The fourth-order valence-electron chi connectivity index (χ4n) is 1.94. The molecule has 0 saturated heterocycles. The van der Waals surface area contributed by atoms with Crippen molar-refractivity contribution in [3.05, 3.63) is 54.1 Å². The highest BCUT2D eigenvalue weighted by atomic mass is 32.2. The van der Waals surface area contributed by atoms with Crippen molar-refractivity contribution in [2.75, 3.05) is 18.5 Å². The van der Waals surface area contributed by atoms with E-state index in [9.17, 15) is 13.2 Å². The predicted octanol–water partition coefficient (Wildman–Crippen LogP) is 2.22. The van der Waals surface area contributed by atoms with Crippen LogP contribution in [0.4, 0.5) is 5.69 Å². The third kappa shape index (κ3) is 2.89. The zero-order valence-electron chi connectivity index (χ0n) is 12.1. The first-order chi connectivity index (χ1) is 10.4. The van der Waals surface area contributed by atoms with Crippen LogP contribution in [0.15, 0.2) is 53.4 Å². The fraction of sp³-hybridized carbons (Fsp3) is 0.133. The third-order valence-electron chi connectivity index (χ3n) is 3.18. The Kier molecular flexibility index (Phi) is 4.37. The lowest BCUT2D eigenvalue weighted by atomic mass is 10.2. The van der Waals surface area contributed by atoms with E-state index in [1.807, 2.05) is 0 Å². The van der Waals surface area contributed by atoms with Crippen LogP contribution in [0.1, 0.15) is 10.4 Å². The molecule has 7 heteroatoms. The Bertz CT molecular complexity index is 787. The fourth-order valence-corrected chi connectivity index (χ4v) is 3.15. The number of para-hydroxylation sites is 1. The Morgan fingerprint density at radius 1 is 1.14 bits per heavy atom. The monoisotopic (exact) mass is 321 g/mol. The smallest absolute Gasteiger partial charge is 0.339 e. The number of methoxy groups -OCH3 is 1. The number of rotatable bonds is 5. The van der Waals surface area contributed by atoms with Crippen LogP contribution < -0.4 is 9.04 Å². The highest BCUT2D eigenvalue weighted by molar-refractivity contribution is 7.92. The van der Waals surface area contributed by atoms with Gasteiger partial charge in [0.25, 0.3) is 10.0 Å². The number of carboxylic acid groups (broad SMARTS) is 1. The van der Waals surface area contributed by atoms with E-state index in [1.54, 1.807) is 30.3 Å². The van der Waals surface area contributed by atoms with Gasteiger partial charge in [-0.25, -0.2) is 13.2 Å². The summed E-state index contributed by atoms with van der Waals surface area (Å²) in [6.07, 6.45) is 0. The molecule has 2 aromatic carbocycles. The Morgan fingerprint density at radius 2 is 1.77 bits per heavy atom. The van der Waals surface area contributed by atoms with Gasteiger partial charge in [-0.15, -0.1) is 0 Å². The molecular weight excluding hydrogens is 306 g/mol. The average molecular weight is 321 g/mol. The first-order valence-corrected chi connectivity index (χ1v) is 7.77. The van der Waals surface area contributed by atoms with E-state index in [2.05, 4.69) is 0 Å². The van der Waals surface area contributed by atoms with Crippen LogP contribution in [0.5, 0.6) is 5.75 Å². The van der Waals surface area contributed by atoms with Gasteiger partial charge in [0.15, 0.2) is 0 Å². The highest BCUT2D eigenvalue weighted by Crippen LogP contribution is 2.27. The number of sulfonamides is 1. The van der Waals surface area contributed by atoms with E-state index in [1.165, 1.54) is 32.4 Å². The molecule has 22 heavy (non-hydrogen) atoms. The maximum Gasteiger partial charge on any atom is 0.339 e. The van der Waals surface area contributed by atoms with Crippen LogP contribution in [0.3, 0.4) is 0 Å². The molecule has 116 valence electrons. The van der Waals surface area contributed by atoms with Crippen molar-refractivity contribution in [3.63, 3.8) is 0 Å². The van der Waals surface area contributed by atoms with Crippen LogP contribution in [0, 0.1) is 0 Å². The van der Waals surface area contributed by atoms with Crippen LogP contribution in [0.25, 0.3) is 0 Å². The van der Waals surface area contributed by atoms with E-state index in [-0.39, 0.29) is 16.2 Å². The summed E-state index contributed by atoms with van der Waals surface area (Å²) in [6, 6.07) is 12.3. The zero-order valence-corrected chi connectivity index (χ0v) is 12.9. The van der Waals surface area contributed by atoms with Gasteiger partial charge in [-0.1, -0.05) is 18.2 Å². The van der Waals surface area contributed by atoms with Gasteiger partial charge in [-0.05, 0) is 24.3 Å². The molecule has 2 rings (SSSR count). The zero-order chi connectivity index (χ0) is 16.3. The van der Waals surface area contributed by atoms with E-state index < -0.39 is 16.0 Å². The molecule has 0 fully saturated rings. The van der Waals surface area contributed by atoms with E-state index in [0.29, 0.717) is 5.69 Å². The van der Waals surface area contributed by atoms with Crippen molar-refractivity contribution >= 4 is 21.7 Å². The number of ether oxygens (including phenoxy) is 1. The molecule has 6 nitrogen and oxygen atoms in total. The standard InChI is InChI=1S/C15H15NO5S/c1-16(11-6-4-3-5-7-11)22(19,20)12-8-9-13(15(17)18)14(10-12)21-2/h3-10H,1-2H3,(H,17,18). The molecule has 0 atom stereocenters. The van der Waals surface area contributed by atoms with Crippen molar-refractivity contribution in [2.45, 2.75) is 4.90 Å². The molecule has 0 bridgehead atoms. The molecule has 0 aliphatic rings.